The zero-order valence-corrected chi connectivity index (χ0v) is 12.5. The van der Waals surface area contributed by atoms with E-state index in [9.17, 15) is 9.90 Å². The number of nitrogens with zero attached hydrogens (tertiary/aromatic N) is 1. The Balaban J connectivity index is 2.52. The van der Waals surface area contributed by atoms with Crippen LogP contribution in [0.1, 0.15) is 28.8 Å². The van der Waals surface area contributed by atoms with Crippen molar-refractivity contribution in [1.82, 2.24) is 10.2 Å². The third-order valence-corrected chi connectivity index (χ3v) is 4.12. The molecule has 1 aliphatic rings. The molecule has 6 heteroatoms. The molecule has 110 valence electrons. The number of rotatable bonds is 2. The predicted molar refractivity (Wildman–Crippen MR) is 79.9 cm³/mol. The molecule has 20 heavy (non-hydrogen) atoms. The number of nitrogen functional groups attached to an aromatic ring is 1. The normalized spacial score (nSPS) is 18.8. The van der Waals surface area contributed by atoms with Crippen molar-refractivity contribution >= 4 is 23.2 Å². The number of piperidine rings is 1. The van der Waals surface area contributed by atoms with Gasteiger partial charge in [-0.25, -0.2) is 0 Å². The number of hydrogen-bond donors (Lipinski definition) is 3. The van der Waals surface area contributed by atoms with Crippen LogP contribution in [0.4, 0.5) is 5.69 Å². The Morgan fingerprint density at radius 3 is 2.60 bits per heavy atom. The molecule has 0 saturated carbocycles. The lowest BCUT2D eigenvalue weighted by atomic mass is 9.81. The van der Waals surface area contributed by atoms with Gasteiger partial charge in [0.1, 0.15) is 0 Å². The molecule has 0 bridgehead atoms. The number of likely N-dealkylation sites (tertiary alicyclic amines) is 1. The molecule has 1 aromatic rings. The van der Waals surface area contributed by atoms with E-state index in [-0.39, 0.29) is 5.91 Å². The molecule has 4 N–H and O–H groups in total. The topological polar surface area (TPSA) is 78.6 Å². The summed E-state index contributed by atoms with van der Waals surface area (Å²) in [4.78, 5) is 14.2. The van der Waals surface area contributed by atoms with Crippen molar-refractivity contribution in [3.05, 3.63) is 28.3 Å². The number of aliphatic hydroxyl groups is 1. The van der Waals surface area contributed by atoms with Gasteiger partial charge in [-0.2, -0.15) is 0 Å². The van der Waals surface area contributed by atoms with Crippen molar-refractivity contribution in [2.45, 2.75) is 18.4 Å². The number of carbonyl (C=O) groups excluding carboxylic acids is 1. The number of nitrogens with one attached hydrogen (secondary N) is 1. The molecule has 0 aliphatic carbocycles. The number of halogens is 1. The standard InChI is InChI=1S/C14H20ClN3O2/c1-17-13(19)12-10(7-9(15)8-11(12)16)14(20)3-5-18(2)6-4-14/h7-8,20H,3-6,16H2,1-2H3,(H,17,19). The molecule has 1 aromatic carbocycles. The quantitative estimate of drug-likeness (QED) is 0.717. The van der Waals surface area contributed by atoms with Crippen molar-refractivity contribution in [1.29, 1.82) is 0 Å². The van der Waals surface area contributed by atoms with Crippen LogP contribution in [0.2, 0.25) is 5.02 Å². The highest BCUT2D eigenvalue weighted by molar-refractivity contribution is 6.31. The van der Waals surface area contributed by atoms with Gasteiger partial charge < -0.3 is 21.1 Å². The molecule has 0 aromatic heterocycles. The third-order valence-electron chi connectivity index (χ3n) is 3.90. The first-order chi connectivity index (χ1) is 9.37. The van der Waals surface area contributed by atoms with Crippen LogP contribution in [-0.2, 0) is 5.60 Å². The van der Waals surface area contributed by atoms with Gasteiger partial charge in [0.05, 0.1) is 11.2 Å². The molecule has 1 amide bonds. The zero-order chi connectivity index (χ0) is 14.9. The van der Waals surface area contributed by atoms with E-state index in [1.54, 1.807) is 13.1 Å². The molecule has 1 saturated heterocycles. The van der Waals surface area contributed by atoms with Gasteiger partial charge in [-0.1, -0.05) is 11.6 Å². The number of amides is 1. The lowest BCUT2D eigenvalue weighted by molar-refractivity contribution is -0.0208. The van der Waals surface area contributed by atoms with Crippen LogP contribution in [0.5, 0.6) is 0 Å². The Morgan fingerprint density at radius 2 is 2.05 bits per heavy atom. The van der Waals surface area contributed by atoms with Crippen LogP contribution in [0.3, 0.4) is 0 Å². The Kier molecular flexibility index (Phi) is 4.22. The Bertz CT molecular complexity index is 525. The summed E-state index contributed by atoms with van der Waals surface area (Å²) in [5, 5.41) is 13.9. The number of carbonyl (C=O) groups is 1. The fraction of sp³-hybridized carbons (Fsp3) is 0.500. The van der Waals surface area contributed by atoms with E-state index < -0.39 is 5.60 Å². The van der Waals surface area contributed by atoms with E-state index in [1.807, 2.05) is 7.05 Å². The van der Waals surface area contributed by atoms with E-state index in [0.29, 0.717) is 34.7 Å². The summed E-state index contributed by atoms with van der Waals surface area (Å²) >= 11 is 6.05. The predicted octanol–water partition coefficient (Wildman–Crippen LogP) is 1.19. The summed E-state index contributed by atoms with van der Waals surface area (Å²) in [6, 6.07) is 3.18. The van der Waals surface area contributed by atoms with Crippen molar-refractivity contribution < 1.29 is 9.90 Å². The number of nitrogens with two attached hydrogens (primary N) is 1. The van der Waals surface area contributed by atoms with Gasteiger partial charge in [0, 0.05) is 30.8 Å². The highest BCUT2D eigenvalue weighted by Crippen LogP contribution is 2.38. The summed E-state index contributed by atoms with van der Waals surface area (Å²) in [5.41, 5.74) is 6.00. The smallest absolute Gasteiger partial charge is 0.253 e. The van der Waals surface area contributed by atoms with Crippen LogP contribution >= 0.6 is 11.6 Å². The highest BCUT2D eigenvalue weighted by Gasteiger charge is 2.37. The molecule has 1 fully saturated rings. The Morgan fingerprint density at radius 1 is 1.45 bits per heavy atom. The molecule has 1 heterocycles. The molecular formula is C14H20ClN3O2. The van der Waals surface area contributed by atoms with E-state index in [1.165, 1.54) is 6.07 Å². The maximum atomic E-state index is 12.1. The molecule has 0 unspecified atom stereocenters. The molecule has 5 nitrogen and oxygen atoms in total. The van der Waals surface area contributed by atoms with Crippen molar-refractivity contribution in [2.75, 3.05) is 32.9 Å². The van der Waals surface area contributed by atoms with Crippen LogP contribution in [-0.4, -0.2) is 43.1 Å². The van der Waals surface area contributed by atoms with Crippen LogP contribution in [0.15, 0.2) is 12.1 Å². The largest absolute Gasteiger partial charge is 0.398 e. The molecule has 1 aliphatic heterocycles. The van der Waals surface area contributed by atoms with Crippen molar-refractivity contribution in [3.8, 4) is 0 Å². The molecule has 0 spiro atoms. The van der Waals surface area contributed by atoms with Gasteiger partial charge in [-0.3, -0.25) is 4.79 Å². The van der Waals surface area contributed by atoms with Crippen molar-refractivity contribution in [2.24, 2.45) is 0 Å². The maximum absolute atomic E-state index is 12.1. The second kappa shape index (κ2) is 5.60. The summed E-state index contributed by atoms with van der Waals surface area (Å²) in [5.74, 6) is -0.304. The Hall–Kier alpha value is -1.30. The van der Waals surface area contributed by atoms with Gasteiger partial charge in [-0.05, 0) is 37.6 Å². The minimum Gasteiger partial charge on any atom is -0.398 e. The van der Waals surface area contributed by atoms with Crippen LogP contribution < -0.4 is 11.1 Å². The number of hydrogen-bond acceptors (Lipinski definition) is 4. The summed E-state index contributed by atoms with van der Waals surface area (Å²) in [6.07, 6.45) is 1.10. The van der Waals surface area contributed by atoms with Crippen LogP contribution in [0.25, 0.3) is 0 Å². The minimum absolute atomic E-state index is 0.291. The monoisotopic (exact) mass is 297 g/mol. The van der Waals surface area contributed by atoms with Gasteiger partial charge in [-0.15, -0.1) is 0 Å². The van der Waals surface area contributed by atoms with E-state index >= 15 is 0 Å². The lowest BCUT2D eigenvalue weighted by Gasteiger charge is -2.38. The SMILES string of the molecule is CNC(=O)c1c(N)cc(Cl)cc1C1(O)CCN(C)CC1. The molecule has 0 atom stereocenters. The highest BCUT2D eigenvalue weighted by atomic mass is 35.5. The first-order valence-corrected chi connectivity index (χ1v) is 6.97. The summed E-state index contributed by atoms with van der Waals surface area (Å²) < 4.78 is 0. The van der Waals surface area contributed by atoms with E-state index in [4.69, 9.17) is 17.3 Å². The average molecular weight is 298 g/mol. The lowest BCUT2D eigenvalue weighted by Crippen LogP contribution is -2.42. The van der Waals surface area contributed by atoms with E-state index in [0.717, 1.165) is 13.1 Å². The number of benzene rings is 1. The number of anilines is 1. The molecule has 0 radical (unpaired) electrons. The second-order valence-corrected chi connectivity index (χ2v) is 5.77. The second-order valence-electron chi connectivity index (χ2n) is 5.33. The van der Waals surface area contributed by atoms with Crippen molar-refractivity contribution in [3.63, 3.8) is 0 Å². The zero-order valence-electron chi connectivity index (χ0n) is 11.7. The van der Waals surface area contributed by atoms with Crippen LogP contribution in [0, 0.1) is 0 Å². The third kappa shape index (κ3) is 2.75. The fourth-order valence-electron chi connectivity index (χ4n) is 2.63. The minimum atomic E-state index is -1.06. The van der Waals surface area contributed by atoms with Gasteiger partial charge >= 0.3 is 0 Å². The molecular weight excluding hydrogens is 278 g/mol. The van der Waals surface area contributed by atoms with Gasteiger partial charge in [0.25, 0.3) is 5.91 Å². The van der Waals surface area contributed by atoms with E-state index in [2.05, 4.69) is 10.2 Å². The summed E-state index contributed by atoms with van der Waals surface area (Å²) in [6.45, 7) is 1.52. The summed E-state index contributed by atoms with van der Waals surface area (Å²) in [7, 11) is 3.55. The molecule has 2 rings (SSSR count). The Labute approximate surface area is 123 Å². The fourth-order valence-corrected chi connectivity index (χ4v) is 2.86. The maximum Gasteiger partial charge on any atom is 0.253 e. The van der Waals surface area contributed by atoms with Gasteiger partial charge in [0.2, 0.25) is 0 Å². The first kappa shape index (κ1) is 15.1. The first-order valence-electron chi connectivity index (χ1n) is 6.60. The van der Waals surface area contributed by atoms with Gasteiger partial charge in [0.15, 0.2) is 0 Å². The average Bonchev–Trinajstić information content (AvgIpc) is 2.41.